The van der Waals surface area contributed by atoms with Gasteiger partial charge in [0.1, 0.15) is 12.4 Å². The van der Waals surface area contributed by atoms with E-state index in [2.05, 4.69) is 20.8 Å². The Morgan fingerprint density at radius 3 is 2.72 bits per heavy atom. The molecule has 0 aliphatic heterocycles. The van der Waals surface area contributed by atoms with E-state index in [0.29, 0.717) is 5.69 Å². The van der Waals surface area contributed by atoms with E-state index >= 15 is 0 Å². The summed E-state index contributed by atoms with van der Waals surface area (Å²) in [4.78, 5) is 24.5. The highest BCUT2D eigenvalue weighted by Crippen LogP contribution is 2.25. The second kappa shape index (κ2) is 7.46. The van der Waals surface area contributed by atoms with Crippen LogP contribution < -0.4 is 10.6 Å². The fourth-order valence-corrected chi connectivity index (χ4v) is 3.12. The smallest absolute Gasteiger partial charge is 0.246 e. The summed E-state index contributed by atoms with van der Waals surface area (Å²) in [6, 6.07) is 6.83. The number of nitrogens with zero attached hydrogens (tertiary/aromatic N) is 3. The van der Waals surface area contributed by atoms with Crippen LogP contribution in [-0.2, 0) is 16.6 Å². The molecule has 1 saturated carbocycles. The van der Waals surface area contributed by atoms with Crippen molar-refractivity contribution in [1.82, 2.24) is 20.1 Å². The average Bonchev–Trinajstić information content (AvgIpc) is 3.26. The first kappa shape index (κ1) is 17.1. The van der Waals surface area contributed by atoms with Gasteiger partial charge < -0.3 is 15.2 Å². The molecule has 7 heteroatoms. The Morgan fingerprint density at radius 1 is 1.28 bits per heavy atom. The standard InChI is InChI=1S/C18H23N5O2/c1-12(20-18(25)13-6-3-4-7-13)17(24)21-15-9-5-8-14(10-15)16-22-19-11-23(16)2/h5,8-13H,3-4,6-7H2,1-2H3,(H,20,25)(H,21,24)/t12-/m0/s1. The van der Waals surface area contributed by atoms with Crippen molar-refractivity contribution in [2.75, 3.05) is 5.32 Å². The van der Waals surface area contributed by atoms with Crippen LogP contribution in [0.25, 0.3) is 11.4 Å². The molecular weight excluding hydrogens is 318 g/mol. The summed E-state index contributed by atoms with van der Waals surface area (Å²) < 4.78 is 1.81. The van der Waals surface area contributed by atoms with Gasteiger partial charge in [0.25, 0.3) is 0 Å². The van der Waals surface area contributed by atoms with Crippen LogP contribution in [-0.4, -0.2) is 32.6 Å². The second-order valence-corrected chi connectivity index (χ2v) is 6.55. The maximum Gasteiger partial charge on any atom is 0.246 e. The molecule has 3 rings (SSSR count). The van der Waals surface area contributed by atoms with Crippen molar-refractivity contribution in [3.05, 3.63) is 30.6 Å². The van der Waals surface area contributed by atoms with E-state index in [9.17, 15) is 9.59 Å². The fraction of sp³-hybridized carbons (Fsp3) is 0.444. The zero-order valence-electron chi connectivity index (χ0n) is 14.5. The van der Waals surface area contributed by atoms with Gasteiger partial charge >= 0.3 is 0 Å². The van der Waals surface area contributed by atoms with E-state index in [1.165, 1.54) is 0 Å². The number of anilines is 1. The summed E-state index contributed by atoms with van der Waals surface area (Å²) in [6.45, 7) is 1.70. The molecular formula is C18H23N5O2. The molecule has 0 radical (unpaired) electrons. The first-order chi connectivity index (χ1) is 12.0. The zero-order chi connectivity index (χ0) is 17.8. The third-order valence-electron chi connectivity index (χ3n) is 4.58. The van der Waals surface area contributed by atoms with Gasteiger partial charge in [0.15, 0.2) is 5.82 Å². The quantitative estimate of drug-likeness (QED) is 0.872. The van der Waals surface area contributed by atoms with Gasteiger partial charge in [-0.3, -0.25) is 9.59 Å². The van der Waals surface area contributed by atoms with Gasteiger partial charge in [-0.25, -0.2) is 0 Å². The summed E-state index contributed by atoms with van der Waals surface area (Å²) in [7, 11) is 1.86. The maximum atomic E-state index is 12.4. The number of hydrogen-bond acceptors (Lipinski definition) is 4. The Hall–Kier alpha value is -2.70. The number of benzene rings is 1. The number of rotatable bonds is 5. The highest BCUT2D eigenvalue weighted by atomic mass is 16.2. The van der Waals surface area contributed by atoms with Crippen LogP contribution in [0, 0.1) is 5.92 Å². The molecule has 0 unspecified atom stereocenters. The monoisotopic (exact) mass is 341 g/mol. The lowest BCUT2D eigenvalue weighted by molar-refractivity contribution is -0.128. The molecule has 2 amide bonds. The van der Waals surface area contributed by atoms with Crippen molar-refractivity contribution < 1.29 is 9.59 Å². The van der Waals surface area contributed by atoms with Crippen LogP contribution in [0.2, 0.25) is 0 Å². The SMILES string of the molecule is C[C@H](NC(=O)C1CCCC1)C(=O)Nc1cccc(-c2nncn2C)c1. The van der Waals surface area contributed by atoms with Gasteiger partial charge in [-0.2, -0.15) is 0 Å². The first-order valence-corrected chi connectivity index (χ1v) is 8.60. The molecule has 1 heterocycles. The lowest BCUT2D eigenvalue weighted by Crippen LogP contribution is -2.43. The van der Waals surface area contributed by atoms with Crippen LogP contribution in [0.5, 0.6) is 0 Å². The van der Waals surface area contributed by atoms with Crippen LogP contribution in [0.1, 0.15) is 32.6 Å². The van der Waals surface area contributed by atoms with Crippen LogP contribution in [0.15, 0.2) is 30.6 Å². The Morgan fingerprint density at radius 2 is 2.04 bits per heavy atom. The third-order valence-corrected chi connectivity index (χ3v) is 4.58. The van der Waals surface area contributed by atoms with Crippen molar-refractivity contribution in [2.45, 2.75) is 38.6 Å². The third kappa shape index (κ3) is 4.04. The minimum atomic E-state index is -0.577. The lowest BCUT2D eigenvalue weighted by atomic mass is 10.1. The van der Waals surface area contributed by atoms with Gasteiger partial charge in [0.2, 0.25) is 11.8 Å². The molecule has 1 fully saturated rings. The van der Waals surface area contributed by atoms with Crippen LogP contribution in [0.3, 0.4) is 0 Å². The number of amides is 2. The van der Waals surface area contributed by atoms with Gasteiger partial charge in [0, 0.05) is 24.2 Å². The zero-order valence-corrected chi connectivity index (χ0v) is 14.5. The molecule has 1 aromatic heterocycles. The predicted octanol–water partition coefficient (Wildman–Crippen LogP) is 2.12. The van der Waals surface area contributed by atoms with Crippen molar-refractivity contribution in [2.24, 2.45) is 13.0 Å². The van der Waals surface area contributed by atoms with Crippen molar-refractivity contribution in [3.63, 3.8) is 0 Å². The molecule has 132 valence electrons. The van der Waals surface area contributed by atoms with E-state index < -0.39 is 6.04 Å². The Labute approximate surface area is 146 Å². The van der Waals surface area contributed by atoms with Crippen molar-refractivity contribution >= 4 is 17.5 Å². The van der Waals surface area contributed by atoms with E-state index in [-0.39, 0.29) is 17.7 Å². The van der Waals surface area contributed by atoms with Gasteiger partial charge in [-0.15, -0.1) is 10.2 Å². The van der Waals surface area contributed by atoms with Gasteiger partial charge in [0.05, 0.1) is 0 Å². The first-order valence-electron chi connectivity index (χ1n) is 8.60. The maximum absolute atomic E-state index is 12.4. The molecule has 1 aliphatic carbocycles. The number of carbonyl (C=O) groups is 2. The van der Waals surface area contributed by atoms with E-state index in [1.807, 2.05) is 35.9 Å². The fourth-order valence-electron chi connectivity index (χ4n) is 3.12. The number of hydrogen-bond donors (Lipinski definition) is 2. The number of aromatic nitrogens is 3. The second-order valence-electron chi connectivity index (χ2n) is 6.55. The molecule has 0 spiro atoms. The molecule has 7 nitrogen and oxygen atoms in total. The van der Waals surface area contributed by atoms with Crippen LogP contribution >= 0.6 is 0 Å². The summed E-state index contributed by atoms with van der Waals surface area (Å²) in [5, 5.41) is 13.6. The Balaban J connectivity index is 1.62. The molecule has 2 aromatic rings. The molecule has 2 N–H and O–H groups in total. The van der Waals surface area contributed by atoms with Crippen molar-refractivity contribution in [3.8, 4) is 11.4 Å². The molecule has 0 bridgehead atoms. The number of carbonyl (C=O) groups excluding carboxylic acids is 2. The largest absolute Gasteiger partial charge is 0.344 e. The molecule has 0 saturated heterocycles. The summed E-state index contributed by atoms with van der Waals surface area (Å²) in [6.07, 6.45) is 5.64. The summed E-state index contributed by atoms with van der Waals surface area (Å²) >= 11 is 0. The minimum absolute atomic E-state index is 0.0204. The van der Waals surface area contributed by atoms with E-state index in [1.54, 1.807) is 13.3 Å². The normalized spacial score (nSPS) is 15.8. The highest BCUT2D eigenvalue weighted by Gasteiger charge is 2.25. The van der Waals surface area contributed by atoms with Crippen LogP contribution in [0.4, 0.5) is 5.69 Å². The summed E-state index contributed by atoms with van der Waals surface area (Å²) in [5.41, 5.74) is 1.52. The lowest BCUT2D eigenvalue weighted by Gasteiger charge is -2.17. The van der Waals surface area contributed by atoms with E-state index in [0.717, 1.165) is 37.1 Å². The predicted molar refractivity (Wildman–Crippen MR) is 94.6 cm³/mol. The van der Waals surface area contributed by atoms with Crippen molar-refractivity contribution in [1.29, 1.82) is 0 Å². The highest BCUT2D eigenvalue weighted by molar-refractivity contribution is 5.97. The topological polar surface area (TPSA) is 88.9 Å². The van der Waals surface area contributed by atoms with Gasteiger partial charge in [-0.1, -0.05) is 25.0 Å². The Kier molecular flexibility index (Phi) is 5.11. The molecule has 1 aromatic carbocycles. The summed E-state index contributed by atoms with van der Waals surface area (Å²) in [5.74, 6) is 0.516. The molecule has 1 aliphatic rings. The molecule has 25 heavy (non-hydrogen) atoms. The minimum Gasteiger partial charge on any atom is -0.344 e. The van der Waals surface area contributed by atoms with E-state index in [4.69, 9.17) is 0 Å². The number of aryl methyl sites for hydroxylation is 1. The Bertz CT molecular complexity index is 764. The van der Waals surface area contributed by atoms with Gasteiger partial charge in [-0.05, 0) is 31.9 Å². The average molecular weight is 341 g/mol. The molecule has 1 atom stereocenters. The number of nitrogens with one attached hydrogen (secondary N) is 2.